The summed E-state index contributed by atoms with van der Waals surface area (Å²) < 4.78 is 0. The summed E-state index contributed by atoms with van der Waals surface area (Å²) in [6.07, 6.45) is 5.31. The van der Waals surface area contributed by atoms with Gasteiger partial charge in [0, 0.05) is 25.7 Å². The summed E-state index contributed by atoms with van der Waals surface area (Å²) in [4.78, 5) is 15.8. The van der Waals surface area contributed by atoms with Crippen LogP contribution in [0.25, 0.3) is 0 Å². The van der Waals surface area contributed by atoms with E-state index in [2.05, 4.69) is 27.4 Å². The van der Waals surface area contributed by atoms with Gasteiger partial charge >= 0.3 is 0 Å². The van der Waals surface area contributed by atoms with Gasteiger partial charge in [-0.3, -0.25) is 4.79 Å². The molecule has 0 aromatic heterocycles. The molecule has 3 nitrogen and oxygen atoms in total. The Morgan fingerprint density at radius 1 is 1.24 bits per heavy atom. The number of nitrogens with zero attached hydrogens (tertiary/aromatic N) is 2. The smallest absolute Gasteiger partial charge is 0.246 e. The van der Waals surface area contributed by atoms with Gasteiger partial charge in [-0.2, -0.15) is 0 Å². The monoisotopic (exact) mass is 238 g/mol. The van der Waals surface area contributed by atoms with Crippen LogP contribution >= 0.6 is 0 Å². The molecule has 0 heterocycles. The fourth-order valence-electron chi connectivity index (χ4n) is 1.43. The van der Waals surface area contributed by atoms with Gasteiger partial charge in [-0.05, 0) is 19.5 Å². The van der Waals surface area contributed by atoms with E-state index in [0.717, 1.165) is 13.1 Å². The summed E-state index contributed by atoms with van der Waals surface area (Å²) in [6, 6.07) is 0. The third-order valence-corrected chi connectivity index (χ3v) is 2.06. The van der Waals surface area contributed by atoms with Gasteiger partial charge in [-0.15, -0.1) is 6.58 Å². The van der Waals surface area contributed by atoms with Crippen molar-refractivity contribution < 1.29 is 4.79 Å². The van der Waals surface area contributed by atoms with E-state index in [1.807, 2.05) is 30.0 Å². The van der Waals surface area contributed by atoms with E-state index in [9.17, 15) is 4.79 Å². The summed E-state index contributed by atoms with van der Waals surface area (Å²) in [5.74, 6) is 0.0571. The van der Waals surface area contributed by atoms with Crippen LogP contribution < -0.4 is 0 Å². The summed E-state index contributed by atoms with van der Waals surface area (Å²) in [5, 5.41) is 0. The standard InChI is InChI=1S/C14H26N2O/c1-7-10-16(12-14(2,3)4)13(17)9-8-11-15(5)6/h7-9H,1,10-12H2,2-6H3/b9-8+. The highest BCUT2D eigenvalue weighted by Gasteiger charge is 2.18. The van der Waals surface area contributed by atoms with Crippen LogP contribution in [0.4, 0.5) is 0 Å². The number of carbonyl (C=O) groups excluding carboxylic acids is 1. The van der Waals surface area contributed by atoms with Crippen LogP contribution in [-0.2, 0) is 4.79 Å². The van der Waals surface area contributed by atoms with Gasteiger partial charge in [-0.25, -0.2) is 0 Å². The minimum Gasteiger partial charge on any atom is -0.335 e. The quantitative estimate of drug-likeness (QED) is 0.523. The maximum atomic E-state index is 12.0. The summed E-state index contributed by atoms with van der Waals surface area (Å²) in [6.45, 7) is 12.2. The van der Waals surface area contributed by atoms with E-state index in [4.69, 9.17) is 0 Å². The van der Waals surface area contributed by atoms with E-state index in [-0.39, 0.29) is 11.3 Å². The van der Waals surface area contributed by atoms with Gasteiger partial charge in [0.2, 0.25) is 5.91 Å². The lowest BCUT2D eigenvalue weighted by Gasteiger charge is -2.28. The van der Waals surface area contributed by atoms with Gasteiger partial charge in [0.15, 0.2) is 0 Å². The lowest BCUT2D eigenvalue weighted by Crippen LogP contribution is -2.37. The molecule has 98 valence electrons. The molecule has 0 aromatic rings. The molecule has 0 rings (SSSR count). The fraction of sp³-hybridized carbons (Fsp3) is 0.643. The molecule has 0 fully saturated rings. The van der Waals surface area contributed by atoms with Crippen molar-refractivity contribution in [2.75, 3.05) is 33.7 Å². The highest BCUT2D eigenvalue weighted by molar-refractivity contribution is 5.87. The lowest BCUT2D eigenvalue weighted by atomic mass is 9.96. The van der Waals surface area contributed by atoms with Crippen molar-refractivity contribution >= 4 is 5.91 Å². The van der Waals surface area contributed by atoms with Crippen molar-refractivity contribution in [2.45, 2.75) is 20.8 Å². The van der Waals surface area contributed by atoms with Crippen molar-refractivity contribution in [3.05, 3.63) is 24.8 Å². The SMILES string of the molecule is C=CCN(CC(C)(C)C)C(=O)/C=C/CN(C)C. The number of likely N-dealkylation sites (N-methyl/N-ethyl adjacent to an activating group) is 1. The molecule has 17 heavy (non-hydrogen) atoms. The fourth-order valence-corrected chi connectivity index (χ4v) is 1.43. The molecule has 0 aliphatic carbocycles. The Hall–Kier alpha value is -1.09. The third-order valence-electron chi connectivity index (χ3n) is 2.06. The van der Waals surface area contributed by atoms with Crippen molar-refractivity contribution in [1.82, 2.24) is 9.80 Å². The molecule has 0 saturated heterocycles. The predicted octanol–water partition coefficient (Wildman–Crippen LogP) is 2.16. The van der Waals surface area contributed by atoms with Crippen molar-refractivity contribution in [1.29, 1.82) is 0 Å². The Balaban J connectivity index is 4.44. The first kappa shape index (κ1) is 15.9. The number of carbonyl (C=O) groups is 1. The first-order chi connectivity index (χ1) is 7.76. The molecule has 0 aromatic carbocycles. The number of hydrogen-bond acceptors (Lipinski definition) is 2. The van der Waals surface area contributed by atoms with Crippen molar-refractivity contribution in [2.24, 2.45) is 5.41 Å². The molecule has 0 radical (unpaired) electrons. The Bertz CT molecular complexity index is 274. The maximum absolute atomic E-state index is 12.0. The van der Waals surface area contributed by atoms with Crippen LogP contribution in [0.5, 0.6) is 0 Å². The van der Waals surface area contributed by atoms with Crippen LogP contribution in [0.1, 0.15) is 20.8 Å². The molecule has 0 unspecified atom stereocenters. The Morgan fingerprint density at radius 3 is 2.24 bits per heavy atom. The molecule has 0 aliphatic heterocycles. The van der Waals surface area contributed by atoms with Crippen LogP contribution in [-0.4, -0.2) is 49.4 Å². The molecular weight excluding hydrogens is 212 g/mol. The van der Waals surface area contributed by atoms with Gasteiger partial charge in [0.1, 0.15) is 0 Å². The summed E-state index contributed by atoms with van der Waals surface area (Å²) in [5.41, 5.74) is 0.105. The number of rotatable bonds is 6. The largest absolute Gasteiger partial charge is 0.335 e. The Labute approximate surface area is 106 Å². The summed E-state index contributed by atoms with van der Waals surface area (Å²) in [7, 11) is 3.96. The molecule has 1 amide bonds. The Morgan fingerprint density at radius 2 is 1.82 bits per heavy atom. The zero-order valence-corrected chi connectivity index (χ0v) is 11.9. The van der Waals surface area contributed by atoms with Crippen molar-refractivity contribution in [3.8, 4) is 0 Å². The van der Waals surface area contributed by atoms with Gasteiger partial charge < -0.3 is 9.80 Å². The predicted molar refractivity (Wildman–Crippen MR) is 73.9 cm³/mol. The normalized spacial score (nSPS) is 12.1. The molecule has 0 bridgehead atoms. The second-order valence-electron chi connectivity index (χ2n) is 5.73. The Kier molecular flexibility index (Phi) is 6.81. The topological polar surface area (TPSA) is 23.6 Å². The van der Waals surface area contributed by atoms with Crippen LogP contribution in [0, 0.1) is 5.41 Å². The van der Waals surface area contributed by atoms with Gasteiger partial charge in [-0.1, -0.05) is 32.9 Å². The minimum atomic E-state index is 0.0571. The maximum Gasteiger partial charge on any atom is 0.246 e. The zero-order valence-electron chi connectivity index (χ0n) is 11.9. The second kappa shape index (κ2) is 7.28. The minimum absolute atomic E-state index is 0.0571. The molecular formula is C14H26N2O. The summed E-state index contributed by atoms with van der Waals surface area (Å²) >= 11 is 0. The van der Waals surface area contributed by atoms with Crippen molar-refractivity contribution in [3.63, 3.8) is 0 Å². The average molecular weight is 238 g/mol. The molecule has 0 spiro atoms. The molecule has 3 heteroatoms. The second-order valence-corrected chi connectivity index (χ2v) is 5.73. The number of amides is 1. The molecule has 0 saturated carbocycles. The van der Waals surface area contributed by atoms with E-state index < -0.39 is 0 Å². The van der Waals surface area contributed by atoms with Crippen LogP contribution in [0.3, 0.4) is 0 Å². The van der Waals surface area contributed by atoms with Crippen LogP contribution in [0.2, 0.25) is 0 Å². The van der Waals surface area contributed by atoms with E-state index >= 15 is 0 Å². The van der Waals surface area contributed by atoms with E-state index in [1.165, 1.54) is 0 Å². The molecule has 0 aliphatic rings. The van der Waals surface area contributed by atoms with Gasteiger partial charge in [0.25, 0.3) is 0 Å². The highest BCUT2D eigenvalue weighted by atomic mass is 16.2. The third kappa shape index (κ3) is 8.69. The van der Waals surface area contributed by atoms with E-state index in [0.29, 0.717) is 6.54 Å². The molecule has 0 atom stereocenters. The van der Waals surface area contributed by atoms with Crippen LogP contribution in [0.15, 0.2) is 24.8 Å². The first-order valence-electron chi connectivity index (χ1n) is 5.97. The lowest BCUT2D eigenvalue weighted by molar-refractivity contribution is -0.126. The first-order valence-corrected chi connectivity index (χ1v) is 5.97. The van der Waals surface area contributed by atoms with E-state index in [1.54, 1.807) is 12.2 Å². The highest BCUT2D eigenvalue weighted by Crippen LogP contribution is 2.15. The average Bonchev–Trinajstić information content (AvgIpc) is 2.14. The number of hydrogen-bond donors (Lipinski definition) is 0. The molecule has 0 N–H and O–H groups in total. The zero-order chi connectivity index (χ0) is 13.5. The van der Waals surface area contributed by atoms with Gasteiger partial charge in [0.05, 0.1) is 0 Å².